The number of thiazole rings is 1. The highest BCUT2D eigenvalue weighted by Crippen LogP contribution is 2.30. The predicted molar refractivity (Wildman–Crippen MR) is 158 cm³/mol. The first kappa shape index (κ1) is 29.7. The highest BCUT2D eigenvalue weighted by Gasteiger charge is 2.12. The lowest BCUT2D eigenvalue weighted by atomic mass is 10.1. The van der Waals surface area contributed by atoms with Crippen molar-refractivity contribution in [1.82, 2.24) is 0 Å². The van der Waals surface area contributed by atoms with Crippen LogP contribution in [-0.4, -0.2) is 19.6 Å². The van der Waals surface area contributed by atoms with Crippen molar-refractivity contribution in [3.8, 4) is 11.5 Å². The lowest BCUT2D eigenvalue weighted by Gasteiger charge is -2.13. The van der Waals surface area contributed by atoms with Crippen molar-refractivity contribution in [2.24, 2.45) is 0 Å². The summed E-state index contributed by atoms with van der Waals surface area (Å²) in [5.41, 5.74) is 4.45. The lowest BCUT2D eigenvalue weighted by molar-refractivity contribution is -0.683. The van der Waals surface area contributed by atoms with E-state index in [1.807, 2.05) is 54.0 Å². The van der Waals surface area contributed by atoms with Crippen LogP contribution in [0.2, 0.25) is 0 Å². The molecular weight excluding hydrogens is 492 g/mol. The van der Waals surface area contributed by atoms with Crippen LogP contribution in [0.5, 0.6) is 11.5 Å². The normalized spacial score (nSPS) is 10.9. The Morgan fingerprint density at radius 2 is 1.58 bits per heavy atom. The highest BCUT2D eigenvalue weighted by atomic mass is 32.1. The van der Waals surface area contributed by atoms with Gasteiger partial charge in [0, 0.05) is 22.9 Å². The molecule has 2 aromatic carbocycles. The number of unbranched alkanes of at least 4 members (excludes halogenated alkanes) is 11. The third kappa shape index (κ3) is 10.9. The van der Waals surface area contributed by atoms with Crippen LogP contribution in [-0.2, 0) is 6.54 Å². The highest BCUT2D eigenvalue weighted by molar-refractivity contribution is 7.07. The Morgan fingerprint density at radius 3 is 2.24 bits per heavy atom. The smallest absolute Gasteiger partial charge is 0.255 e. The molecule has 0 bridgehead atoms. The molecule has 5 nitrogen and oxygen atoms in total. The van der Waals surface area contributed by atoms with Gasteiger partial charge in [-0.1, -0.05) is 101 Å². The molecule has 1 N–H and O–H groups in total. The standard InChI is InChI=1S/C32H44N2O3S/c1-3-4-5-6-7-8-9-10-11-12-13-14-21-37-30-19-18-29(24-31(30)36-2)33-32(35)28-17-15-16-27(23-28)25-34-20-22-38-26-34/h15-20,22-24,26H,3-14,21,25H2,1-2H3/p+1. The summed E-state index contributed by atoms with van der Waals surface area (Å²) in [5.74, 6) is 1.20. The van der Waals surface area contributed by atoms with E-state index >= 15 is 0 Å². The monoisotopic (exact) mass is 537 g/mol. The van der Waals surface area contributed by atoms with Crippen LogP contribution in [0, 0.1) is 0 Å². The number of carbonyl (C=O) groups is 1. The minimum Gasteiger partial charge on any atom is -0.493 e. The number of nitrogens with zero attached hydrogens (tertiary/aromatic N) is 1. The molecule has 0 radical (unpaired) electrons. The first-order valence-electron chi connectivity index (χ1n) is 14.3. The van der Waals surface area contributed by atoms with Gasteiger partial charge in [-0.15, -0.1) is 0 Å². The molecule has 0 atom stereocenters. The fourth-order valence-electron chi connectivity index (χ4n) is 4.57. The molecule has 3 aromatic rings. The van der Waals surface area contributed by atoms with Gasteiger partial charge >= 0.3 is 0 Å². The number of benzene rings is 2. The first-order chi connectivity index (χ1) is 18.7. The minimum atomic E-state index is -0.144. The molecule has 0 aliphatic heterocycles. The number of amides is 1. The van der Waals surface area contributed by atoms with Crippen molar-refractivity contribution < 1.29 is 18.8 Å². The average molecular weight is 538 g/mol. The number of hydrogen-bond acceptors (Lipinski definition) is 4. The second-order valence-electron chi connectivity index (χ2n) is 9.96. The number of hydrogen-bond donors (Lipinski definition) is 1. The predicted octanol–water partition coefficient (Wildman–Crippen LogP) is 8.42. The van der Waals surface area contributed by atoms with E-state index in [1.54, 1.807) is 18.4 Å². The van der Waals surface area contributed by atoms with E-state index < -0.39 is 0 Å². The van der Waals surface area contributed by atoms with Gasteiger partial charge in [-0.2, -0.15) is 4.57 Å². The van der Waals surface area contributed by atoms with Gasteiger partial charge in [-0.05, 0) is 30.7 Å². The quantitative estimate of drug-likeness (QED) is 0.123. The molecule has 1 heterocycles. The fraction of sp³-hybridized carbons (Fsp3) is 0.500. The molecular formula is C32H45N2O3S+. The van der Waals surface area contributed by atoms with Crippen molar-refractivity contribution in [1.29, 1.82) is 0 Å². The number of aromatic nitrogens is 1. The summed E-state index contributed by atoms with van der Waals surface area (Å²) < 4.78 is 13.6. The van der Waals surface area contributed by atoms with Crippen LogP contribution in [0.1, 0.15) is 99.9 Å². The second-order valence-corrected chi connectivity index (χ2v) is 10.7. The number of nitrogens with one attached hydrogen (secondary N) is 1. The molecule has 3 rings (SSSR count). The van der Waals surface area contributed by atoms with E-state index in [0.29, 0.717) is 29.4 Å². The molecule has 0 spiro atoms. The zero-order valence-corrected chi connectivity index (χ0v) is 24.1. The van der Waals surface area contributed by atoms with E-state index in [2.05, 4.69) is 22.3 Å². The van der Waals surface area contributed by atoms with Gasteiger partial charge in [0.25, 0.3) is 5.91 Å². The minimum absolute atomic E-state index is 0.144. The van der Waals surface area contributed by atoms with Crippen LogP contribution < -0.4 is 19.4 Å². The van der Waals surface area contributed by atoms with Gasteiger partial charge in [0.2, 0.25) is 5.51 Å². The summed E-state index contributed by atoms with van der Waals surface area (Å²) in [7, 11) is 1.63. The Bertz CT molecular complexity index is 1070. The summed E-state index contributed by atoms with van der Waals surface area (Å²) in [6, 6.07) is 13.3. The van der Waals surface area contributed by atoms with Crippen molar-refractivity contribution in [2.45, 2.75) is 90.5 Å². The van der Waals surface area contributed by atoms with Crippen molar-refractivity contribution in [3.63, 3.8) is 0 Å². The number of anilines is 1. The Hall–Kier alpha value is -2.86. The molecule has 0 aliphatic carbocycles. The van der Waals surface area contributed by atoms with Crippen molar-refractivity contribution in [3.05, 3.63) is 70.7 Å². The molecule has 0 fully saturated rings. The second kappa shape index (κ2) is 17.6. The summed E-state index contributed by atoms with van der Waals surface area (Å²) in [5, 5.41) is 5.02. The Kier molecular flexibility index (Phi) is 13.8. The summed E-state index contributed by atoms with van der Waals surface area (Å²) in [4.78, 5) is 12.9. The third-order valence-corrected chi connectivity index (χ3v) is 7.43. The molecule has 0 saturated carbocycles. The van der Waals surface area contributed by atoms with Gasteiger partial charge < -0.3 is 14.8 Å². The summed E-state index contributed by atoms with van der Waals surface area (Å²) >= 11 is 1.65. The molecule has 0 unspecified atom stereocenters. The van der Waals surface area contributed by atoms with Gasteiger partial charge in [-0.25, -0.2) is 0 Å². The molecule has 38 heavy (non-hydrogen) atoms. The molecule has 6 heteroatoms. The first-order valence-corrected chi connectivity index (χ1v) is 15.3. The Morgan fingerprint density at radius 1 is 0.868 bits per heavy atom. The maximum absolute atomic E-state index is 12.9. The summed E-state index contributed by atoms with van der Waals surface area (Å²) in [6.45, 7) is 3.69. The summed E-state index contributed by atoms with van der Waals surface area (Å²) in [6.07, 6.45) is 17.9. The van der Waals surface area contributed by atoms with E-state index in [1.165, 1.54) is 70.6 Å². The van der Waals surface area contributed by atoms with Crippen molar-refractivity contribution in [2.75, 3.05) is 19.0 Å². The van der Waals surface area contributed by atoms with Crippen molar-refractivity contribution >= 4 is 22.9 Å². The van der Waals surface area contributed by atoms with E-state index in [-0.39, 0.29) is 5.91 Å². The SMILES string of the molecule is CCCCCCCCCCCCCCOc1ccc(NC(=O)c2cccc(C[n+]3ccsc3)c2)cc1OC. The van der Waals surface area contributed by atoms with Crippen LogP contribution in [0.3, 0.4) is 0 Å². The van der Waals surface area contributed by atoms with Gasteiger partial charge in [0.1, 0.15) is 0 Å². The zero-order valence-electron chi connectivity index (χ0n) is 23.3. The molecule has 0 aliphatic rings. The average Bonchev–Trinajstić information content (AvgIpc) is 3.45. The Balaban J connectivity index is 1.35. The van der Waals surface area contributed by atoms with Crippen LogP contribution in [0.25, 0.3) is 0 Å². The fourth-order valence-corrected chi connectivity index (χ4v) is 5.16. The largest absolute Gasteiger partial charge is 0.493 e. The van der Waals surface area contributed by atoms with Crippen LogP contribution in [0.15, 0.2) is 59.6 Å². The third-order valence-electron chi connectivity index (χ3n) is 6.76. The Labute approximate surface area is 233 Å². The van der Waals surface area contributed by atoms with E-state index in [0.717, 1.165) is 18.5 Å². The molecule has 0 saturated heterocycles. The van der Waals surface area contributed by atoms with Gasteiger partial charge in [0.15, 0.2) is 24.2 Å². The topological polar surface area (TPSA) is 51.4 Å². The van der Waals surface area contributed by atoms with Gasteiger partial charge in [0.05, 0.1) is 19.1 Å². The van der Waals surface area contributed by atoms with E-state index in [9.17, 15) is 4.79 Å². The maximum atomic E-state index is 12.9. The number of ether oxygens (including phenoxy) is 2. The zero-order chi connectivity index (χ0) is 26.8. The van der Waals surface area contributed by atoms with Crippen LogP contribution in [0.4, 0.5) is 5.69 Å². The maximum Gasteiger partial charge on any atom is 0.255 e. The number of rotatable bonds is 19. The molecule has 1 aromatic heterocycles. The van der Waals surface area contributed by atoms with Gasteiger partial charge in [-0.3, -0.25) is 4.79 Å². The van der Waals surface area contributed by atoms with Crippen LogP contribution >= 0.6 is 11.3 Å². The molecule has 206 valence electrons. The number of carbonyl (C=O) groups excluding carboxylic acids is 1. The lowest BCUT2D eigenvalue weighted by Crippen LogP contribution is -2.30. The van der Waals surface area contributed by atoms with E-state index in [4.69, 9.17) is 9.47 Å². The molecule has 1 amide bonds. The number of methoxy groups -OCH3 is 1.